The average Bonchev–Trinajstić information content (AvgIpc) is 2.07. The van der Waals surface area contributed by atoms with E-state index in [1.807, 2.05) is 25.1 Å². The summed E-state index contributed by atoms with van der Waals surface area (Å²) in [6, 6.07) is 10.2. The van der Waals surface area contributed by atoms with Crippen LogP contribution in [0.25, 0.3) is 0 Å². The molecular weight excluding hydrogens is 136 g/mol. The maximum Gasteiger partial charge on any atom is 0.0579 e. The Morgan fingerprint density at radius 2 is 2.09 bits per heavy atom. The zero-order chi connectivity index (χ0) is 7.94. The summed E-state index contributed by atoms with van der Waals surface area (Å²) in [4.78, 5) is 0. The van der Waals surface area contributed by atoms with E-state index in [9.17, 15) is 0 Å². The van der Waals surface area contributed by atoms with E-state index in [0.29, 0.717) is 0 Å². The molecule has 1 aromatic rings. The van der Waals surface area contributed by atoms with Crippen LogP contribution >= 0.6 is 0 Å². The first-order valence-corrected chi connectivity index (χ1v) is 3.68. The van der Waals surface area contributed by atoms with Gasteiger partial charge in [0.15, 0.2) is 0 Å². The van der Waals surface area contributed by atoms with E-state index in [1.54, 1.807) is 6.21 Å². The third-order valence-corrected chi connectivity index (χ3v) is 1.35. The lowest BCUT2D eigenvalue weighted by Crippen LogP contribution is -2.04. The fraction of sp³-hybridized carbons (Fsp3) is 0.222. The minimum Gasteiger partial charge on any atom is -0.306 e. The van der Waals surface area contributed by atoms with Gasteiger partial charge in [0, 0.05) is 6.21 Å². The quantitative estimate of drug-likeness (QED) is 0.513. The molecule has 0 heterocycles. The largest absolute Gasteiger partial charge is 0.306 e. The molecular formula is C9H12N2. The van der Waals surface area contributed by atoms with Crippen LogP contribution in [0.2, 0.25) is 0 Å². The summed E-state index contributed by atoms with van der Waals surface area (Å²) >= 11 is 0. The molecule has 0 radical (unpaired) electrons. The van der Waals surface area contributed by atoms with E-state index in [0.717, 1.165) is 6.54 Å². The highest BCUT2D eigenvalue weighted by molar-refractivity contribution is 5.52. The van der Waals surface area contributed by atoms with Crippen molar-refractivity contribution in [2.24, 2.45) is 5.10 Å². The summed E-state index contributed by atoms with van der Waals surface area (Å²) < 4.78 is 0. The molecule has 0 saturated carbocycles. The molecule has 2 heteroatoms. The Bertz CT molecular complexity index is 216. The van der Waals surface area contributed by atoms with Gasteiger partial charge in [0.05, 0.1) is 6.54 Å². The van der Waals surface area contributed by atoms with Crippen LogP contribution in [0.5, 0.6) is 0 Å². The smallest absolute Gasteiger partial charge is 0.0579 e. The third kappa shape index (κ3) is 2.85. The minimum atomic E-state index is 0.797. The molecule has 1 N–H and O–H groups in total. The van der Waals surface area contributed by atoms with Gasteiger partial charge in [0.25, 0.3) is 0 Å². The predicted octanol–water partition coefficient (Wildman–Crippen LogP) is 1.78. The Kier molecular flexibility index (Phi) is 3.19. The van der Waals surface area contributed by atoms with Gasteiger partial charge in [-0.3, -0.25) is 0 Å². The third-order valence-electron chi connectivity index (χ3n) is 1.35. The number of nitrogens with one attached hydrogen (secondary N) is 1. The van der Waals surface area contributed by atoms with Crippen molar-refractivity contribution < 1.29 is 0 Å². The molecule has 0 aliphatic rings. The van der Waals surface area contributed by atoms with Crippen molar-refractivity contribution in [3.05, 3.63) is 35.9 Å². The summed E-state index contributed by atoms with van der Waals surface area (Å²) in [5.41, 5.74) is 4.17. The van der Waals surface area contributed by atoms with Crippen molar-refractivity contribution in [2.45, 2.75) is 13.5 Å². The molecule has 1 rings (SSSR count). The number of hydrazone groups is 1. The first-order chi connectivity index (χ1) is 5.43. The zero-order valence-electron chi connectivity index (χ0n) is 6.62. The van der Waals surface area contributed by atoms with Gasteiger partial charge in [-0.05, 0) is 12.5 Å². The molecule has 0 fully saturated rings. The van der Waals surface area contributed by atoms with Crippen molar-refractivity contribution in [1.29, 1.82) is 0 Å². The number of hydrogen-bond donors (Lipinski definition) is 1. The van der Waals surface area contributed by atoms with Crippen molar-refractivity contribution in [3.63, 3.8) is 0 Å². The van der Waals surface area contributed by atoms with Gasteiger partial charge in [-0.25, -0.2) is 0 Å². The summed E-state index contributed by atoms with van der Waals surface area (Å²) in [6.07, 6.45) is 1.74. The predicted molar refractivity (Wildman–Crippen MR) is 47.4 cm³/mol. The van der Waals surface area contributed by atoms with Crippen LogP contribution in [0.1, 0.15) is 12.5 Å². The molecule has 0 saturated heterocycles. The molecule has 0 bridgehead atoms. The Labute approximate surface area is 66.9 Å². The van der Waals surface area contributed by atoms with E-state index < -0.39 is 0 Å². The van der Waals surface area contributed by atoms with E-state index in [-0.39, 0.29) is 0 Å². The lowest BCUT2D eigenvalue weighted by molar-refractivity contribution is 0.747. The van der Waals surface area contributed by atoms with Crippen LogP contribution in [-0.4, -0.2) is 6.21 Å². The molecule has 0 aromatic heterocycles. The molecule has 0 amide bonds. The Morgan fingerprint density at radius 3 is 2.73 bits per heavy atom. The highest BCUT2D eigenvalue weighted by Crippen LogP contribution is 1.96. The average molecular weight is 148 g/mol. The Balaban J connectivity index is 2.39. The molecule has 0 unspecified atom stereocenters. The number of benzene rings is 1. The van der Waals surface area contributed by atoms with Gasteiger partial charge in [0.2, 0.25) is 0 Å². The summed E-state index contributed by atoms with van der Waals surface area (Å²) in [5.74, 6) is 0. The molecule has 2 nitrogen and oxygen atoms in total. The topological polar surface area (TPSA) is 24.4 Å². The Hall–Kier alpha value is -1.31. The van der Waals surface area contributed by atoms with Crippen LogP contribution in [0.15, 0.2) is 35.4 Å². The van der Waals surface area contributed by atoms with Crippen LogP contribution in [0.4, 0.5) is 0 Å². The Morgan fingerprint density at radius 1 is 1.36 bits per heavy atom. The molecule has 1 aromatic carbocycles. The minimum absolute atomic E-state index is 0.797. The van der Waals surface area contributed by atoms with Gasteiger partial charge < -0.3 is 5.43 Å². The van der Waals surface area contributed by atoms with Crippen molar-refractivity contribution >= 4 is 6.21 Å². The maximum atomic E-state index is 3.89. The fourth-order valence-electron chi connectivity index (χ4n) is 0.824. The monoisotopic (exact) mass is 148 g/mol. The highest BCUT2D eigenvalue weighted by Gasteiger charge is 1.85. The summed E-state index contributed by atoms with van der Waals surface area (Å²) in [7, 11) is 0. The maximum absolute atomic E-state index is 3.89. The lowest BCUT2D eigenvalue weighted by atomic mass is 10.2. The van der Waals surface area contributed by atoms with Crippen molar-refractivity contribution in [3.8, 4) is 0 Å². The molecule has 58 valence electrons. The van der Waals surface area contributed by atoms with Crippen LogP contribution in [-0.2, 0) is 6.54 Å². The second kappa shape index (κ2) is 4.50. The van der Waals surface area contributed by atoms with E-state index in [4.69, 9.17) is 0 Å². The first-order valence-electron chi connectivity index (χ1n) is 3.68. The molecule has 0 atom stereocenters. The second-order valence-corrected chi connectivity index (χ2v) is 2.21. The number of nitrogens with zero attached hydrogens (tertiary/aromatic N) is 1. The summed E-state index contributed by atoms with van der Waals surface area (Å²) in [6.45, 7) is 2.68. The number of hydrogen-bond acceptors (Lipinski definition) is 2. The molecule has 0 aliphatic carbocycles. The van der Waals surface area contributed by atoms with Gasteiger partial charge in [-0.2, -0.15) is 5.10 Å². The van der Waals surface area contributed by atoms with Crippen LogP contribution < -0.4 is 5.43 Å². The highest BCUT2D eigenvalue weighted by atomic mass is 15.3. The van der Waals surface area contributed by atoms with Crippen molar-refractivity contribution in [2.75, 3.05) is 0 Å². The number of rotatable bonds is 3. The van der Waals surface area contributed by atoms with Gasteiger partial charge >= 0.3 is 0 Å². The van der Waals surface area contributed by atoms with E-state index in [2.05, 4.69) is 22.7 Å². The van der Waals surface area contributed by atoms with Gasteiger partial charge in [-0.1, -0.05) is 30.3 Å². The normalized spacial score (nSPS) is 10.3. The van der Waals surface area contributed by atoms with Crippen molar-refractivity contribution in [1.82, 2.24) is 5.43 Å². The fourth-order valence-corrected chi connectivity index (χ4v) is 0.824. The van der Waals surface area contributed by atoms with E-state index in [1.165, 1.54) is 5.56 Å². The molecule has 11 heavy (non-hydrogen) atoms. The second-order valence-electron chi connectivity index (χ2n) is 2.21. The standard InChI is InChI=1S/C9H12N2/c1-2-10-11-8-9-6-4-3-5-7-9/h2-7,11H,8H2,1H3. The zero-order valence-corrected chi connectivity index (χ0v) is 6.62. The molecule has 0 spiro atoms. The first kappa shape index (κ1) is 7.79. The van der Waals surface area contributed by atoms with Crippen LogP contribution in [0, 0.1) is 0 Å². The SMILES string of the molecule is CC=NNCc1ccccc1. The van der Waals surface area contributed by atoms with Gasteiger partial charge in [0.1, 0.15) is 0 Å². The summed E-state index contributed by atoms with van der Waals surface area (Å²) in [5, 5.41) is 3.89. The van der Waals surface area contributed by atoms with Crippen LogP contribution in [0.3, 0.4) is 0 Å². The molecule has 0 aliphatic heterocycles. The lowest BCUT2D eigenvalue weighted by Gasteiger charge is -1.98. The van der Waals surface area contributed by atoms with E-state index >= 15 is 0 Å². The van der Waals surface area contributed by atoms with Gasteiger partial charge in [-0.15, -0.1) is 0 Å².